The minimum Gasteiger partial charge on any atom is -0.467 e. The fourth-order valence-corrected chi connectivity index (χ4v) is 5.21. The first-order chi connectivity index (χ1) is 16.0. The number of rotatable bonds is 3. The third-order valence-corrected chi connectivity index (χ3v) is 6.77. The smallest absolute Gasteiger partial charge is 0.416 e. The molecule has 1 saturated heterocycles. The maximum atomic E-state index is 13.7. The van der Waals surface area contributed by atoms with E-state index in [0.717, 1.165) is 5.56 Å². The molecule has 3 rings (SSSR count). The van der Waals surface area contributed by atoms with Crippen molar-refractivity contribution in [3.05, 3.63) is 42.5 Å². The molecule has 0 radical (unpaired) electrons. The third-order valence-electron chi connectivity index (χ3n) is 6.77. The van der Waals surface area contributed by atoms with Gasteiger partial charge in [-0.25, -0.2) is 14.4 Å². The molecule has 2 aliphatic heterocycles. The Morgan fingerprint density at radius 2 is 1.51 bits per heavy atom. The summed E-state index contributed by atoms with van der Waals surface area (Å²) in [5, 5.41) is 0. The summed E-state index contributed by atoms with van der Waals surface area (Å²) in [5.41, 5.74) is -1.66. The van der Waals surface area contributed by atoms with E-state index in [1.807, 2.05) is 44.2 Å². The maximum absolute atomic E-state index is 13.7. The van der Waals surface area contributed by atoms with Crippen molar-refractivity contribution in [3.8, 4) is 0 Å². The summed E-state index contributed by atoms with van der Waals surface area (Å²) >= 11 is 0. The first-order valence-corrected chi connectivity index (χ1v) is 11.9. The molecule has 0 unspecified atom stereocenters. The van der Waals surface area contributed by atoms with E-state index in [4.69, 9.17) is 14.2 Å². The van der Waals surface area contributed by atoms with Crippen LogP contribution in [0, 0.1) is 5.41 Å². The molecule has 8 nitrogen and oxygen atoms in total. The van der Waals surface area contributed by atoms with Gasteiger partial charge in [0.05, 0.1) is 12.8 Å². The largest absolute Gasteiger partial charge is 0.467 e. The molecule has 0 spiro atoms. The van der Waals surface area contributed by atoms with Gasteiger partial charge >= 0.3 is 18.2 Å². The van der Waals surface area contributed by atoms with Crippen molar-refractivity contribution in [2.24, 2.45) is 5.41 Å². The molecule has 2 aliphatic rings. The highest BCUT2D eigenvalue weighted by molar-refractivity contribution is 5.96. The number of carbonyl (C=O) groups is 3. The van der Waals surface area contributed by atoms with Gasteiger partial charge < -0.3 is 14.2 Å². The summed E-state index contributed by atoms with van der Waals surface area (Å²) in [5.74, 6) is -0.578. The van der Waals surface area contributed by atoms with Gasteiger partial charge in [0.15, 0.2) is 0 Å². The molecule has 8 heteroatoms. The quantitative estimate of drug-likeness (QED) is 0.323. The molecule has 0 bridgehead atoms. The lowest BCUT2D eigenvalue weighted by Gasteiger charge is -2.45. The highest BCUT2D eigenvalue weighted by Gasteiger charge is 2.70. The van der Waals surface area contributed by atoms with Gasteiger partial charge in [-0.2, -0.15) is 0 Å². The second-order valence-corrected chi connectivity index (χ2v) is 11.8. The van der Waals surface area contributed by atoms with Crippen molar-refractivity contribution in [3.63, 3.8) is 0 Å². The predicted octanol–water partition coefficient (Wildman–Crippen LogP) is 5.40. The lowest BCUT2D eigenvalue weighted by atomic mass is 9.60. The van der Waals surface area contributed by atoms with E-state index in [-0.39, 0.29) is 6.42 Å². The highest BCUT2D eigenvalue weighted by Crippen LogP contribution is 2.62. The molecular weight excluding hydrogens is 448 g/mol. The number of hydrogen-bond donors (Lipinski definition) is 0. The second-order valence-electron chi connectivity index (χ2n) is 11.8. The normalized spacial score (nSPS) is 23.9. The number of amides is 2. The molecule has 192 valence electrons. The summed E-state index contributed by atoms with van der Waals surface area (Å²) in [6.07, 6.45) is -0.195. The zero-order chi connectivity index (χ0) is 26.6. The van der Waals surface area contributed by atoms with Gasteiger partial charge in [0.1, 0.15) is 23.4 Å². The van der Waals surface area contributed by atoms with E-state index in [0.29, 0.717) is 5.69 Å². The van der Waals surface area contributed by atoms with Gasteiger partial charge in [0.25, 0.3) is 0 Å². The van der Waals surface area contributed by atoms with E-state index < -0.39 is 52.4 Å². The molecular formula is C27H38N2O6. The van der Waals surface area contributed by atoms with Gasteiger partial charge in [0.2, 0.25) is 0 Å². The number of carbonyl (C=O) groups excluding carboxylic acids is 3. The number of benzene rings is 1. The van der Waals surface area contributed by atoms with Crippen molar-refractivity contribution in [2.45, 2.75) is 90.6 Å². The topological polar surface area (TPSA) is 85.4 Å². The van der Waals surface area contributed by atoms with Crippen molar-refractivity contribution in [2.75, 3.05) is 12.0 Å². The number of esters is 1. The summed E-state index contributed by atoms with van der Waals surface area (Å²) in [7, 11) is 1.29. The molecule has 3 atom stereocenters. The van der Waals surface area contributed by atoms with Gasteiger partial charge in [-0.1, -0.05) is 38.1 Å². The Kier molecular flexibility index (Phi) is 6.51. The Balaban J connectivity index is 2.34. The zero-order valence-corrected chi connectivity index (χ0v) is 22.3. The molecule has 1 aromatic carbocycles. The van der Waals surface area contributed by atoms with Crippen molar-refractivity contribution >= 4 is 23.8 Å². The number of anilines is 1. The number of para-hydroxylation sites is 1. The van der Waals surface area contributed by atoms with E-state index in [1.54, 1.807) is 41.5 Å². The van der Waals surface area contributed by atoms with E-state index in [9.17, 15) is 14.4 Å². The minimum atomic E-state index is -0.975. The number of likely N-dealkylation sites (tertiary alicyclic amines) is 1. The van der Waals surface area contributed by atoms with Crippen LogP contribution in [0.4, 0.5) is 15.3 Å². The molecule has 35 heavy (non-hydrogen) atoms. The molecule has 1 aromatic rings. The SMILES string of the molecule is C=CC(C)(C)[C@@]12C[C@@H](C(=O)OC)N(C(=O)OC(C)(C)C)[C@@H]1N(C(=O)OC(C)(C)C)c1ccccc12. The molecule has 2 amide bonds. The van der Waals surface area contributed by atoms with Gasteiger partial charge in [-0.05, 0) is 65.0 Å². The highest BCUT2D eigenvalue weighted by atomic mass is 16.6. The van der Waals surface area contributed by atoms with Crippen LogP contribution >= 0.6 is 0 Å². The lowest BCUT2D eigenvalue weighted by molar-refractivity contribution is -0.146. The van der Waals surface area contributed by atoms with Crippen molar-refractivity contribution < 1.29 is 28.6 Å². The van der Waals surface area contributed by atoms with Gasteiger partial charge in [0, 0.05) is 5.41 Å². The minimum absolute atomic E-state index is 0.221. The Bertz CT molecular complexity index is 1030. The summed E-state index contributed by atoms with van der Waals surface area (Å²) in [6.45, 7) is 18.7. The standard InChI is InChI=1S/C27H38N2O6/c1-11-26(8,9)27-16-19(20(30)33-10)29(23(32)35-25(5,6)7)21(27)28(22(31)34-24(2,3)4)18-15-13-12-14-17(18)27/h11-15,19,21H,1,16H2,2-10H3/t19-,21-,27+/m0/s1. The van der Waals surface area contributed by atoms with Crippen LogP contribution in [0.2, 0.25) is 0 Å². The van der Waals surface area contributed by atoms with E-state index in [1.165, 1.54) is 16.9 Å². The Morgan fingerprint density at radius 3 is 2.03 bits per heavy atom. The maximum Gasteiger partial charge on any atom is 0.416 e. The van der Waals surface area contributed by atoms with E-state index >= 15 is 0 Å². The van der Waals surface area contributed by atoms with Crippen LogP contribution in [0.1, 0.15) is 67.4 Å². The lowest BCUT2D eigenvalue weighted by Crippen LogP contribution is -2.60. The zero-order valence-electron chi connectivity index (χ0n) is 22.3. The number of fused-ring (bicyclic) bond motifs is 3. The summed E-state index contributed by atoms with van der Waals surface area (Å²) < 4.78 is 16.7. The average Bonchev–Trinajstić information content (AvgIpc) is 3.22. The van der Waals surface area contributed by atoms with Crippen LogP contribution in [0.25, 0.3) is 0 Å². The molecule has 0 aromatic heterocycles. The molecule has 0 saturated carbocycles. The van der Waals surface area contributed by atoms with Crippen LogP contribution in [0.5, 0.6) is 0 Å². The number of nitrogens with zero attached hydrogens (tertiary/aromatic N) is 2. The number of allylic oxidation sites excluding steroid dienone is 1. The first-order valence-electron chi connectivity index (χ1n) is 11.9. The molecule has 0 aliphatic carbocycles. The Labute approximate surface area is 208 Å². The third kappa shape index (κ3) is 4.39. The van der Waals surface area contributed by atoms with Gasteiger partial charge in [-0.3, -0.25) is 9.80 Å². The van der Waals surface area contributed by atoms with Crippen molar-refractivity contribution in [1.29, 1.82) is 0 Å². The number of methoxy groups -OCH3 is 1. The monoisotopic (exact) mass is 486 g/mol. The van der Waals surface area contributed by atoms with Crippen LogP contribution in [-0.4, -0.2) is 53.6 Å². The molecule has 2 heterocycles. The van der Waals surface area contributed by atoms with Crippen molar-refractivity contribution in [1.82, 2.24) is 4.90 Å². The summed E-state index contributed by atoms with van der Waals surface area (Å²) in [4.78, 5) is 43.3. The molecule has 0 N–H and O–H groups in total. The number of ether oxygens (including phenoxy) is 3. The van der Waals surface area contributed by atoms with Crippen LogP contribution in [0.15, 0.2) is 36.9 Å². The second kappa shape index (κ2) is 8.57. The fraction of sp³-hybridized carbons (Fsp3) is 0.593. The van der Waals surface area contributed by atoms with E-state index in [2.05, 4.69) is 6.58 Å². The number of hydrogen-bond acceptors (Lipinski definition) is 6. The van der Waals surface area contributed by atoms with Crippen LogP contribution < -0.4 is 4.90 Å². The predicted molar refractivity (Wildman–Crippen MR) is 133 cm³/mol. The van der Waals surface area contributed by atoms with Gasteiger partial charge in [-0.15, -0.1) is 6.58 Å². The first kappa shape index (κ1) is 26.6. The Hall–Kier alpha value is -3.03. The van der Waals surface area contributed by atoms with Crippen LogP contribution in [0.3, 0.4) is 0 Å². The average molecular weight is 487 g/mol. The van der Waals surface area contributed by atoms with Crippen LogP contribution in [-0.2, 0) is 24.4 Å². The summed E-state index contributed by atoms with van der Waals surface area (Å²) in [6, 6.07) is 6.52. The fourth-order valence-electron chi connectivity index (χ4n) is 5.21. The Morgan fingerprint density at radius 1 is 0.971 bits per heavy atom. The molecule has 1 fully saturated rings.